The number of ketones is 1. The Bertz CT molecular complexity index is 518. The predicted octanol–water partition coefficient (Wildman–Crippen LogP) is 3.06. The number of halogens is 2. The molecule has 1 atom stereocenters. The van der Waals surface area contributed by atoms with Crippen molar-refractivity contribution in [3.8, 4) is 0 Å². The van der Waals surface area contributed by atoms with E-state index in [-0.39, 0.29) is 23.3 Å². The molecule has 1 aliphatic rings. The number of amides is 1. The molecule has 3 nitrogen and oxygen atoms in total. The van der Waals surface area contributed by atoms with Crippen LogP contribution in [0.4, 0.5) is 4.39 Å². The largest absolute Gasteiger partial charge is 0.335 e. The minimum Gasteiger partial charge on any atom is -0.335 e. The van der Waals surface area contributed by atoms with Gasteiger partial charge in [-0.3, -0.25) is 9.59 Å². The van der Waals surface area contributed by atoms with Gasteiger partial charge in [-0.05, 0) is 38.0 Å². The molecule has 0 radical (unpaired) electrons. The minimum absolute atomic E-state index is 0.0250. The van der Waals surface area contributed by atoms with Gasteiger partial charge >= 0.3 is 0 Å². The van der Waals surface area contributed by atoms with Gasteiger partial charge in [-0.15, -0.1) is 0 Å². The highest BCUT2D eigenvalue weighted by Gasteiger charge is 2.31. The lowest BCUT2D eigenvalue weighted by Gasteiger charge is -2.24. The SMILES string of the molecule is CC(=O)CC1CCCN1C(=O)c1cc(Cl)ccc1F. The summed E-state index contributed by atoms with van der Waals surface area (Å²) in [5.41, 5.74) is -0.0250. The summed E-state index contributed by atoms with van der Waals surface area (Å²) in [6, 6.07) is 3.81. The third-order valence-electron chi connectivity index (χ3n) is 3.32. The Hall–Kier alpha value is -1.42. The normalized spacial score (nSPS) is 18.7. The molecule has 102 valence electrons. The van der Waals surface area contributed by atoms with Crippen molar-refractivity contribution >= 4 is 23.3 Å². The van der Waals surface area contributed by atoms with E-state index in [9.17, 15) is 14.0 Å². The molecule has 1 amide bonds. The molecule has 1 unspecified atom stereocenters. The number of benzene rings is 1. The summed E-state index contributed by atoms with van der Waals surface area (Å²) in [6.45, 7) is 2.06. The summed E-state index contributed by atoms with van der Waals surface area (Å²) in [5, 5.41) is 0.326. The summed E-state index contributed by atoms with van der Waals surface area (Å²) in [6.07, 6.45) is 1.95. The minimum atomic E-state index is -0.581. The lowest BCUT2D eigenvalue weighted by Crippen LogP contribution is -2.37. The summed E-state index contributed by atoms with van der Waals surface area (Å²) < 4.78 is 13.7. The van der Waals surface area contributed by atoms with Gasteiger partial charge in [0.25, 0.3) is 5.91 Å². The van der Waals surface area contributed by atoms with Crippen LogP contribution in [-0.4, -0.2) is 29.2 Å². The van der Waals surface area contributed by atoms with E-state index >= 15 is 0 Å². The van der Waals surface area contributed by atoms with Crippen LogP contribution in [0.25, 0.3) is 0 Å². The molecular formula is C14H15ClFNO2. The van der Waals surface area contributed by atoms with Crippen molar-refractivity contribution in [1.29, 1.82) is 0 Å². The second-order valence-corrected chi connectivity index (χ2v) is 5.26. The molecule has 1 aromatic rings. The van der Waals surface area contributed by atoms with Gasteiger partial charge in [0.1, 0.15) is 11.6 Å². The summed E-state index contributed by atoms with van der Waals surface area (Å²) >= 11 is 5.80. The lowest BCUT2D eigenvalue weighted by molar-refractivity contribution is -0.117. The molecule has 2 rings (SSSR count). The molecule has 0 aliphatic carbocycles. The van der Waals surface area contributed by atoms with Crippen LogP contribution in [0.15, 0.2) is 18.2 Å². The van der Waals surface area contributed by atoms with Crippen molar-refractivity contribution in [3.63, 3.8) is 0 Å². The van der Waals surface area contributed by atoms with Crippen molar-refractivity contribution in [2.24, 2.45) is 0 Å². The maximum atomic E-state index is 13.7. The molecule has 1 saturated heterocycles. The standard InChI is InChI=1S/C14H15ClFNO2/c1-9(18)7-11-3-2-6-17(11)14(19)12-8-10(15)4-5-13(12)16/h4-5,8,11H,2-3,6-7H2,1H3. The summed E-state index contributed by atoms with van der Waals surface area (Å²) in [4.78, 5) is 25.1. The number of likely N-dealkylation sites (tertiary alicyclic amines) is 1. The first kappa shape index (κ1) is 14.0. The Kier molecular flexibility index (Phi) is 4.20. The van der Waals surface area contributed by atoms with Gasteiger partial charge in [0, 0.05) is 24.0 Å². The smallest absolute Gasteiger partial charge is 0.257 e. The molecule has 0 aromatic heterocycles. The van der Waals surface area contributed by atoms with E-state index in [0.29, 0.717) is 18.0 Å². The van der Waals surface area contributed by atoms with Crippen molar-refractivity contribution in [2.45, 2.75) is 32.2 Å². The lowest BCUT2D eigenvalue weighted by atomic mass is 10.1. The molecular weight excluding hydrogens is 269 g/mol. The average molecular weight is 284 g/mol. The van der Waals surface area contributed by atoms with Gasteiger partial charge in [0.2, 0.25) is 0 Å². The van der Waals surface area contributed by atoms with Crippen LogP contribution in [0.1, 0.15) is 36.5 Å². The van der Waals surface area contributed by atoms with Crippen LogP contribution in [0.3, 0.4) is 0 Å². The maximum absolute atomic E-state index is 13.7. The number of hydrogen-bond acceptors (Lipinski definition) is 2. The Labute approximate surface area is 116 Å². The van der Waals surface area contributed by atoms with E-state index in [1.165, 1.54) is 25.1 Å². The Morgan fingerprint density at radius 1 is 1.47 bits per heavy atom. The molecule has 1 aliphatic heterocycles. The molecule has 1 heterocycles. The third-order valence-corrected chi connectivity index (χ3v) is 3.55. The fourth-order valence-corrected chi connectivity index (χ4v) is 2.64. The zero-order chi connectivity index (χ0) is 14.0. The Morgan fingerprint density at radius 3 is 2.89 bits per heavy atom. The van der Waals surface area contributed by atoms with Gasteiger partial charge in [-0.25, -0.2) is 4.39 Å². The van der Waals surface area contributed by atoms with E-state index in [0.717, 1.165) is 12.8 Å². The Balaban J connectivity index is 2.23. The third kappa shape index (κ3) is 3.13. The van der Waals surface area contributed by atoms with Crippen molar-refractivity contribution in [1.82, 2.24) is 4.90 Å². The van der Waals surface area contributed by atoms with Crippen LogP contribution < -0.4 is 0 Å². The van der Waals surface area contributed by atoms with Gasteiger partial charge < -0.3 is 4.90 Å². The van der Waals surface area contributed by atoms with Gasteiger partial charge in [0.05, 0.1) is 5.56 Å². The van der Waals surface area contributed by atoms with Crippen LogP contribution in [0.2, 0.25) is 5.02 Å². The van der Waals surface area contributed by atoms with E-state index in [2.05, 4.69) is 0 Å². The Morgan fingerprint density at radius 2 is 2.21 bits per heavy atom. The molecule has 19 heavy (non-hydrogen) atoms. The summed E-state index contributed by atoms with van der Waals surface area (Å²) in [7, 11) is 0. The van der Waals surface area contributed by atoms with Crippen LogP contribution >= 0.6 is 11.6 Å². The van der Waals surface area contributed by atoms with Gasteiger partial charge in [-0.1, -0.05) is 11.6 Å². The molecule has 5 heteroatoms. The van der Waals surface area contributed by atoms with Crippen molar-refractivity contribution in [2.75, 3.05) is 6.54 Å². The van der Waals surface area contributed by atoms with E-state index in [4.69, 9.17) is 11.6 Å². The van der Waals surface area contributed by atoms with E-state index in [1.807, 2.05) is 0 Å². The van der Waals surface area contributed by atoms with Crippen molar-refractivity contribution in [3.05, 3.63) is 34.6 Å². The van der Waals surface area contributed by atoms with E-state index < -0.39 is 5.82 Å². The first-order chi connectivity index (χ1) is 8.99. The van der Waals surface area contributed by atoms with Crippen LogP contribution in [0.5, 0.6) is 0 Å². The number of hydrogen-bond donors (Lipinski definition) is 0. The number of carbonyl (C=O) groups excluding carboxylic acids is 2. The number of nitrogens with zero attached hydrogens (tertiary/aromatic N) is 1. The maximum Gasteiger partial charge on any atom is 0.257 e. The average Bonchev–Trinajstić information content (AvgIpc) is 2.78. The summed E-state index contributed by atoms with van der Waals surface area (Å²) in [5.74, 6) is -0.928. The highest BCUT2D eigenvalue weighted by molar-refractivity contribution is 6.31. The fourth-order valence-electron chi connectivity index (χ4n) is 2.46. The van der Waals surface area contributed by atoms with Gasteiger partial charge in [-0.2, -0.15) is 0 Å². The second kappa shape index (κ2) is 5.70. The highest BCUT2D eigenvalue weighted by atomic mass is 35.5. The zero-order valence-corrected chi connectivity index (χ0v) is 11.4. The number of rotatable bonds is 3. The molecule has 0 N–H and O–H groups in total. The topological polar surface area (TPSA) is 37.4 Å². The predicted molar refractivity (Wildman–Crippen MR) is 70.8 cm³/mol. The molecule has 0 bridgehead atoms. The zero-order valence-electron chi connectivity index (χ0n) is 10.7. The van der Waals surface area contributed by atoms with Gasteiger partial charge in [0.15, 0.2) is 0 Å². The fraction of sp³-hybridized carbons (Fsp3) is 0.429. The number of Topliss-reactive ketones (excluding diaryl/α,β-unsaturated/α-hetero) is 1. The van der Waals surface area contributed by atoms with Crippen molar-refractivity contribution < 1.29 is 14.0 Å². The quantitative estimate of drug-likeness (QED) is 0.855. The molecule has 0 spiro atoms. The monoisotopic (exact) mass is 283 g/mol. The molecule has 1 fully saturated rings. The second-order valence-electron chi connectivity index (χ2n) is 4.82. The first-order valence-electron chi connectivity index (χ1n) is 6.24. The first-order valence-corrected chi connectivity index (χ1v) is 6.62. The van der Waals surface area contributed by atoms with Crippen LogP contribution in [-0.2, 0) is 4.79 Å². The molecule has 0 saturated carbocycles. The molecule has 1 aromatic carbocycles. The number of carbonyl (C=O) groups is 2. The van der Waals surface area contributed by atoms with E-state index in [1.54, 1.807) is 4.90 Å². The highest BCUT2D eigenvalue weighted by Crippen LogP contribution is 2.25. The van der Waals surface area contributed by atoms with Crippen LogP contribution in [0, 0.1) is 5.82 Å².